The Balaban J connectivity index is 2.02. The van der Waals surface area contributed by atoms with E-state index in [0.29, 0.717) is 17.4 Å². The second kappa shape index (κ2) is 4.91. The molecule has 2 unspecified atom stereocenters. The molecule has 0 amide bonds. The summed E-state index contributed by atoms with van der Waals surface area (Å²) in [5.41, 5.74) is 0.687. The number of pyridine rings is 1. The minimum atomic E-state index is -0.384. The van der Waals surface area contributed by atoms with E-state index in [4.69, 9.17) is 0 Å². The number of rotatable bonds is 2. The fourth-order valence-corrected chi connectivity index (χ4v) is 4.23. The molecule has 7 heteroatoms. The van der Waals surface area contributed by atoms with Crippen molar-refractivity contribution in [2.24, 2.45) is 11.8 Å². The lowest BCUT2D eigenvalue weighted by molar-refractivity contribution is -0.385. The molecule has 114 valence electrons. The highest BCUT2D eigenvalue weighted by molar-refractivity contribution is 9.10. The van der Waals surface area contributed by atoms with Gasteiger partial charge in [0, 0.05) is 30.7 Å². The van der Waals surface area contributed by atoms with E-state index in [1.165, 1.54) is 6.20 Å². The first-order valence-corrected chi connectivity index (χ1v) is 7.91. The first-order chi connectivity index (χ1) is 9.84. The molecule has 2 saturated heterocycles. The van der Waals surface area contributed by atoms with Crippen molar-refractivity contribution in [2.45, 2.75) is 26.3 Å². The molecule has 1 aromatic heterocycles. The molecule has 0 aromatic carbocycles. The van der Waals surface area contributed by atoms with Crippen LogP contribution in [0.4, 0.5) is 11.5 Å². The number of hydrogen-bond acceptors (Lipinski definition) is 5. The SMILES string of the molecule is Cc1c([N+](=O)[O-])cnc(N2CC3CNCC3C2(C)C)c1Br. The lowest BCUT2D eigenvalue weighted by atomic mass is 9.85. The summed E-state index contributed by atoms with van der Waals surface area (Å²) in [5.74, 6) is 2.02. The quantitative estimate of drug-likeness (QED) is 0.652. The van der Waals surface area contributed by atoms with Gasteiger partial charge < -0.3 is 10.2 Å². The minimum Gasteiger partial charge on any atom is -0.350 e. The summed E-state index contributed by atoms with van der Waals surface area (Å²) in [4.78, 5) is 17.3. The maximum Gasteiger partial charge on any atom is 0.291 e. The zero-order valence-electron chi connectivity index (χ0n) is 12.4. The number of hydrogen-bond donors (Lipinski definition) is 1. The standard InChI is InChI=1S/C14H19BrN4O2/c1-8-11(19(20)21)6-17-13(12(8)15)18-7-9-4-16-5-10(9)14(18,2)3/h6,9-10,16H,4-5,7H2,1-3H3. The van der Waals surface area contributed by atoms with Crippen LogP contribution >= 0.6 is 15.9 Å². The van der Waals surface area contributed by atoms with Crippen LogP contribution in [0.3, 0.4) is 0 Å². The van der Waals surface area contributed by atoms with Crippen LogP contribution in [0, 0.1) is 28.9 Å². The highest BCUT2D eigenvalue weighted by Gasteiger charge is 2.50. The second-order valence-electron chi connectivity index (χ2n) is 6.45. The number of nitrogens with zero attached hydrogens (tertiary/aromatic N) is 3. The van der Waals surface area contributed by atoms with E-state index in [-0.39, 0.29) is 16.1 Å². The van der Waals surface area contributed by atoms with Crippen LogP contribution in [-0.2, 0) is 0 Å². The van der Waals surface area contributed by atoms with Gasteiger partial charge in [0.25, 0.3) is 5.69 Å². The summed E-state index contributed by atoms with van der Waals surface area (Å²) in [5, 5.41) is 14.5. The highest BCUT2D eigenvalue weighted by Crippen LogP contribution is 2.45. The van der Waals surface area contributed by atoms with Gasteiger partial charge in [0.1, 0.15) is 12.0 Å². The Morgan fingerprint density at radius 1 is 1.52 bits per heavy atom. The van der Waals surface area contributed by atoms with E-state index in [2.05, 4.69) is 45.0 Å². The Labute approximate surface area is 132 Å². The molecule has 0 radical (unpaired) electrons. The van der Waals surface area contributed by atoms with E-state index in [1.807, 2.05) is 0 Å². The maximum atomic E-state index is 11.0. The smallest absolute Gasteiger partial charge is 0.291 e. The summed E-state index contributed by atoms with van der Waals surface area (Å²) in [6.45, 7) is 9.23. The van der Waals surface area contributed by atoms with Crippen molar-refractivity contribution in [1.29, 1.82) is 0 Å². The van der Waals surface area contributed by atoms with Gasteiger partial charge in [-0.3, -0.25) is 10.1 Å². The molecule has 2 fully saturated rings. The molecule has 0 spiro atoms. The molecule has 3 heterocycles. The van der Waals surface area contributed by atoms with Crippen LogP contribution in [0.25, 0.3) is 0 Å². The van der Waals surface area contributed by atoms with Gasteiger partial charge in [-0.25, -0.2) is 4.98 Å². The summed E-state index contributed by atoms with van der Waals surface area (Å²) in [7, 11) is 0. The Kier molecular flexibility index (Phi) is 3.44. The molecule has 1 aromatic rings. The number of nitrogens with one attached hydrogen (secondary N) is 1. The molecule has 1 N–H and O–H groups in total. The van der Waals surface area contributed by atoms with Crippen LogP contribution in [-0.4, -0.2) is 35.1 Å². The van der Waals surface area contributed by atoms with E-state index in [0.717, 1.165) is 29.9 Å². The largest absolute Gasteiger partial charge is 0.350 e. The number of halogens is 1. The molecule has 2 aliphatic rings. The van der Waals surface area contributed by atoms with Crippen LogP contribution in [0.2, 0.25) is 0 Å². The van der Waals surface area contributed by atoms with Crippen LogP contribution in [0.15, 0.2) is 10.7 Å². The van der Waals surface area contributed by atoms with Crippen molar-refractivity contribution in [3.05, 3.63) is 26.3 Å². The topological polar surface area (TPSA) is 71.3 Å². The Morgan fingerprint density at radius 2 is 2.24 bits per heavy atom. The summed E-state index contributed by atoms with van der Waals surface area (Å²) in [6.07, 6.45) is 1.37. The minimum absolute atomic E-state index is 0.00768. The number of fused-ring (bicyclic) bond motifs is 1. The molecule has 0 saturated carbocycles. The van der Waals surface area contributed by atoms with Gasteiger partial charge in [0.2, 0.25) is 0 Å². The number of aromatic nitrogens is 1. The zero-order chi connectivity index (χ0) is 15.4. The Bertz CT molecular complexity index is 605. The number of anilines is 1. The summed E-state index contributed by atoms with van der Waals surface area (Å²) >= 11 is 3.52. The first kappa shape index (κ1) is 14.7. The van der Waals surface area contributed by atoms with Gasteiger partial charge >= 0.3 is 0 Å². The average molecular weight is 355 g/mol. The summed E-state index contributed by atoms with van der Waals surface area (Å²) in [6, 6.07) is 0. The average Bonchev–Trinajstić information content (AvgIpc) is 2.95. The zero-order valence-corrected chi connectivity index (χ0v) is 14.0. The van der Waals surface area contributed by atoms with Crippen molar-refractivity contribution in [3.8, 4) is 0 Å². The molecule has 21 heavy (non-hydrogen) atoms. The van der Waals surface area contributed by atoms with E-state index < -0.39 is 0 Å². The maximum absolute atomic E-state index is 11.0. The van der Waals surface area contributed by atoms with Crippen molar-refractivity contribution >= 4 is 27.4 Å². The second-order valence-corrected chi connectivity index (χ2v) is 7.25. The van der Waals surface area contributed by atoms with Crippen molar-refractivity contribution < 1.29 is 4.92 Å². The van der Waals surface area contributed by atoms with Gasteiger partial charge in [-0.15, -0.1) is 0 Å². The Hall–Kier alpha value is -1.21. The monoisotopic (exact) mass is 354 g/mol. The van der Waals surface area contributed by atoms with Gasteiger partial charge in [-0.1, -0.05) is 0 Å². The Morgan fingerprint density at radius 3 is 2.86 bits per heavy atom. The third-order valence-electron chi connectivity index (χ3n) is 5.03. The third kappa shape index (κ3) is 2.14. The molecule has 2 aliphatic heterocycles. The molecule has 0 bridgehead atoms. The van der Waals surface area contributed by atoms with Crippen molar-refractivity contribution in [3.63, 3.8) is 0 Å². The van der Waals surface area contributed by atoms with Gasteiger partial charge in [0.05, 0.1) is 9.40 Å². The van der Waals surface area contributed by atoms with Crippen molar-refractivity contribution in [1.82, 2.24) is 10.3 Å². The van der Waals surface area contributed by atoms with E-state index >= 15 is 0 Å². The highest BCUT2D eigenvalue weighted by atomic mass is 79.9. The lowest BCUT2D eigenvalue weighted by Gasteiger charge is -2.37. The first-order valence-electron chi connectivity index (χ1n) is 7.12. The number of nitro groups is 1. The molecule has 3 rings (SSSR count). The molecular formula is C14H19BrN4O2. The fourth-order valence-electron chi connectivity index (χ4n) is 3.71. The lowest BCUT2D eigenvalue weighted by Crippen LogP contribution is -2.45. The fraction of sp³-hybridized carbons (Fsp3) is 0.643. The van der Waals surface area contributed by atoms with Crippen molar-refractivity contribution in [2.75, 3.05) is 24.5 Å². The van der Waals surface area contributed by atoms with Gasteiger partial charge in [-0.2, -0.15) is 0 Å². The third-order valence-corrected chi connectivity index (χ3v) is 5.98. The van der Waals surface area contributed by atoms with E-state index in [1.54, 1.807) is 6.92 Å². The predicted molar refractivity (Wildman–Crippen MR) is 84.6 cm³/mol. The predicted octanol–water partition coefficient (Wildman–Crippen LogP) is 2.49. The van der Waals surface area contributed by atoms with Crippen LogP contribution < -0.4 is 10.2 Å². The van der Waals surface area contributed by atoms with Gasteiger partial charge in [-0.05, 0) is 48.5 Å². The van der Waals surface area contributed by atoms with E-state index in [9.17, 15) is 10.1 Å². The molecule has 6 nitrogen and oxygen atoms in total. The van der Waals surface area contributed by atoms with Crippen LogP contribution in [0.1, 0.15) is 19.4 Å². The normalized spacial score (nSPS) is 27.0. The molecule has 0 aliphatic carbocycles. The summed E-state index contributed by atoms with van der Waals surface area (Å²) < 4.78 is 0.734. The van der Waals surface area contributed by atoms with Gasteiger partial charge in [0.15, 0.2) is 0 Å². The molecular weight excluding hydrogens is 336 g/mol. The molecule has 2 atom stereocenters. The van der Waals surface area contributed by atoms with Crippen LogP contribution in [0.5, 0.6) is 0 Å².